The van der Waals surface area contributed by atoms with Crippen molar-refractivity contribution < 1.29 is 18.3 Å². The highest BCUT2D eigenvalue weighted by molar-refractivity contribution is 7.89. The summed E-state index contributed by atoms with van der Waals surface area (Å²) in [7, 11) is -3.63. The third-order valence-corrected chi connectivity index (χ3v) is 4.38. The highest BCUT2D eigenvalue weighted by Crippen LogP contribution is 2.25. The number of carboxylic acid groups (broad SMARTS) is 1. The van der Waals surface area contributed by atoms with Gasteiger partial charge >= 0.3 is 5.97 Å². The van der Waals surface area contributed by atoms with Crippen molar-refractivity contribution >= 4 is 16.0 Å². The zero-order chi connectivity index (χ0) is 13.2. The van der Waals surface area contributed by atoms with E-state index in [0.717, 1.165) is 25.5 Å². The molecule has 1 aliphatic rings. The Kier molecular flexibility index (Phi) is 3.63. The molecule has 7 heteroatoms. The Labute approximate surface area is 105 Å². The van der Waals surface area contributed by atoms with Crippen molar-refractivity contribution in [3.05, 3.63) is 23.9 Å². The first kappa shape index (κ1) is 13.0. The number of rotatable bonds is 5. The number of nitrogens with zero attached hydrogens (tertiary/aromatic N) is 1. The number of aromatic nitrogens is 1. The fraction of sp³-hybridized carbons (Fsp3) is 0.455. The predicted molar refractivity (Wildman–Crippen MR) is 63.7 cm³/mol. The molecular formula is C11H14N2O4S. The van der Waals surface area contributed by atoms with Gasteiger partial charge in [-0.3, -0.25) is 0 Å². The zero-order valence-electron chi connectivity index (χ0n) is 9.67. The van der Waals surface area contributed by atoms with Crippen LogP contribution in [0.15, 0.2) is 23.4 Å². The Morgan fingerprint density at radius 1 is 1.44 bits per heavy atom. The largest absolute Gasteiger partial charge is 0.478 e. The van der Waals surface area contributed by atoms with Crippen LogP contribution < -0.4 is 4.72 Å². The second-order valence-corrected chi connectivity index (χ2v) is 6.05. The highest BCUT2D eigenvalue weighted by Gasteiger charge is 2.22. The van der Waals surface area contributed by atoms with Gasteiger partial charge < -0.3 is 5.11 Å². The average Bonchev–Trinajstić information content (AvgIpc) is 2.27. The molecule has 0 saturated heterocycles. The van der Waals surface area contributed by atoms with Crippen molar-refractivity contribution in [3.8, 4) is 0 Å². The molecule has 0 spiro atoms. The molecule has 1 aromatic heterocycles. The smallest absolute Gasteiger partial charge is 0.337 e. The van der Waals surface area contributed by atoms with Crippen molar-refractivity contribution in [2.24, 2.45) is 5.92 Å². The summed E-state index contributed by atoms with van der Waals surface area (Å²) < 4.78 is 26.2. The molecule has 18 heavy (non-hydrogen) atoms. The van der Waals surface area contributed by atoms with Crippen LogP contribution in [0.5, 0.6) is 0 Å². The number of pyridine rings is 1. The Morgan fingerprint density at radius 2 is 2.17 bits per heavy atom. The molecule has 0 bridgehead atoms. The molecule has 98 valence electrons. The van der Waals surface area contributed by atoms with Gasteiger partial charge in [-0.15, -0.1) is 0 Å². The summed E-state index contributed by atoms with van der Waals surface area (Å²) in [5.74, 6) is -0.716. The fourth-order valence-electron chi connectivity index (χ4n) is 1.66. The first-order chi connectivity index (χ1) is 8.49. The molecule has 0 amide bonds. The summed E-state index contributed by atoms with van der Waals surface area (Å²) in [6.45, 7) is 0.421. The Balaban J connectivity index is 2.06. The molecule has 0 unspecified atom stereocenters. The van der Waals surface area contributed by atoms with E-state index in [9.17, 15) is 13.2 Å². The Morgan fingerprint density at radius 3 is 2.61 bits per heavy atom. The first-order valence-electron chi connectivity index (χ1n) is 5.68. The van der Waals surface area contributed by atoms with E-state index in [2.05, 4.69) is 9.71 Å². The number of nitrogens with one attached hydrogen (secondary N) is 1. The van der Waals surface area contributed by atoms with E-state index in [-0.39, 0.29) is 10.6 Å². The van der Waals surface area contributed by atoms with E-state index in [4.69, 9.17) is 5.11 Å². The second kappa shape index (κ2) is 5.03. The molecule has 0 aromatic carbocycles. The van der Waals surface area contributed by atoms with Crippen LogP contribution >= 0.6 is 0 Å². The molecule has 1 saturated carbocycles. The third-order valence-electron chi connectivity index (χ3n) is 3.05. The lowest BCUT2D eigenvalue weighted by molar-refractivity contribution is 0.0696. The lowest BCUT2D eigenvalue weighted by Gasteiger charge is -2.25. The maximum atomic E-state index is 11.8. The van der Waals surface area contributed by atoms with Gasteiger partial charge in [0.05, 0.1) is 5.56 Å². The minimum atomic E-state index is -3.63. The molecule has 1 fully saturated rings. The minimum Gasteiger partial charge on any atom is -0.478 e. The number of hydrogen-bond acceptors (Lipinski definition) is 4. The zero-order valence-corrected chi connectivity index (χ0v) is 10.5. The molecule has 1 aliphatic carbocycles. The number of carbonyl (C=O) groups is 1. The SMILES string of the molecule is O=C(O)c1ccc(S(=O)(=O)NCC2CCC2)nc1. The molecule has 0 aliphatic heterocycles. The van der Waals surface area contributed by atoms with Crippen LogP contribution in [0.2, 0.25) is 0 Å². The van der Waals surface area contributed by atoms with Crippen molar-refractivity contribution in [3.63, 3.8) is 0 Å². The van der Waals surface area contributed by atoms with Gasteiger partial charge in [0.15, 0.2) is 5.03 Å². The van der Waals surface area contributed by atoms with Crippen LogP contribution in [-0.4, -0.2) is 31.0 Å². The maximum absolute atomic E-state index is 11.8. The van der Waals surface area contributed by atoms with Crippen molar-refractivity contribution in [1.29, 1.82) is 0 Å². The average molecular weight is 270 g/mol. The first-order valence-corrected chi connectivity index (χ1v) is 7.16. The van der Waals surface area contributed by atoms with Gasteiger partial charge in [-0.2, -0.15) is 0 Å². The van der Waals surface area contributed by atoms with Gasteiger partial charge in [0, 0.05) is 12.7 Å². The van der Waals surface area contributed by atoms with Crippen LogP contribution in [0.4, 0.5) is 0 Å². The lowest BCUT2D eigenvalue weighted by atomic mass is 9.86. The Bertz CT molecular complexity index is 535. The van der Waals surface area contributed by atoms with Crippen LogP contribution in [0.25, 0.3) is 0 Å². The summed E-state index contributed by atoms with van der Waals surface area (Å²) in [5.41, 5.74) is -0.0343. The normalized spacial score (nSPS) is 16.2. The maximum Gasteiger partial charge on any atom is 0.337 e. The number of aromatic carboxylic acids is 1. The molecule has 2 rings (SSSR count). The molecule has 1 aromatic rings. The van der Waals surface area contributed by atoms with E-state index in [0.29, 0.717) is 12.5 Å². The molecule has 1 heterocycles. The third kappa shape index (κ3) is 2.85. The van der Waals surface area contributed by atoms with E-state index in [1.807, 2.05) is 0 Å². The summed E-state index contributed by atoms with van der Waals surface area (Å²) in [6, 6.07) is 2.43. The molecule has 0 radical (unpaired) electrons. The Hall–Kier alpha value is -1.47. The molecule has 2 N–H and O–H groups in total. The quantitative estimate of drug-likeness (QED) is 0.827. The van der Waals surface area contributed by atoms with Crippen LogP contribution in [0.3, 0.4) is 0 Å². The molecule has 6 nitrogen and oxygen atoms in total. The van der Waals surface area contributed by atoms with Gasteiger partial charge in [0.25, 0.3) is 10.0 Å². The summed E-state index contributed by atoms with van der Waals surface area (Å²) >= 11 is 0. The number of carboxylic acids is 1. The van der Waals surface area contributed by atoms with E-state index >= 15 is 0 Å². The lowest BCUT2D eigenvalue weighted by Crippen LogP contribution is -2.32. The molecular weight excluding hydrogens is 256 g/mol. The van der Waals surface area contributed by atoms with Gasteiger partial charge in [0.2, 0.25) is 0 Å². The van der Waals surface area contributed by atoms with Crippen molar-refractivity contribution in [1.82, 2.24) is 9.71 Å². The standard InChI is InChI=1S/C11H14N2O4S/c14-11(15)9-4-5-10(12-7-9)18(16,17)13-6-8-2-1-3-8/h4-5,7-8,13H,1-3,6H2,(H,14,15). The summed E-state index contributed by atoms with van der Waals surface area (Å²) in [6.07, 6.45) is 4.29. The predicted octanol–water partition coefficient (Wildman–Crippen LogP) is 0.858. The molecule has 0 atom stereocenters. The summed E-state index contributed by atoms with van der Waals surface area (Å²) in [4.78, 5) is 14.3. The minimum absolute atomic E-state index is 0.0343. The highest BCUT2D eigenvalue weighted by atomic mass is 32.2. The summed E-state index contributed by atoms with van der Waals surface area (Å²) in [5, 5.41) is 8.54. The van der Waals surface area contributed by atoms with E-state index in [1.54, 1.807) is 0 Å². The monoisotopic (exact) mass is 270 g/mol. The van der Waals surface area contributed by atoms with Crippen LogP contribution in [-0.2, 0) is 10.0 Å². The van der Waals surface area contributed by atoms with Gasteiger partial charge in [-0.25, -0.2) is 22.9 Å². The van der Waals surface area contributed by atoms with Crippen molar-refractivity contribution in [2.75, 3.05) is 6.54 Å². The van der Waals surface area contributed by atoms with Gasteiger partial charge in [0.1, 0.15) is 0 Å². The van der Waals surface area contributed by atoms with Crippen molar-refractivity contribution in [2.45, 2.75) is 24.3 Å². The number of sulfonamides is 1. The van der Waals surface area contributed by atoms with Crippen LogP contribution in [0, 0.1) is 5.92 Å². The van der Waals surface area contributed by atoms with Crippen LogP contribution in [0.1, 0.15) is 29.6 Å². The fourth-order valence-corrected chi connectivity index (χ4v) is 2.71. The second-order valence-electron chi connectivity index (χ2n) is 4.34. The number of hydrogen-bond donors (Lipinski definition) is 2. The van der Waals surface area contributed by atoms with Gasteiger partial charge in [-0.05, 0) is 30.9 Å². The van der Waals surface area contributed by atoms with E-state index < -0.39 is 16.0 Å². The van der Waals surface area contributed by atoms with Gasteiger partial charge in [-0.1, -0.05) is 6.42 Å². The van der Waals surface area contributed by atoms with E-state index in [1.165, 1.54) is 12.1 Å². The topological polar surface area (TPSA) is 96.4 Å².